The zero-order valence-electron chi connectivity index (χ0n) is 21.2. The van der Waals surface area contributed by atoms with Crippen LogP contribution in [0.1, 0.15) is 44.6 Å². The van der Waals surface area contributed by atoms with E-state index in [-0.39, 0.29) is 25.7 Å². The van der Waals surface area contributed by atoms with Crippen molar-refractivity contribution in [3.63, 3.8) is 0 Å². The second kappa shape index (κ2) is 14.7. The SMILES string of the molecule is C[C@H](NC(=O)[C@H](Cc1c[nH]c2ccccc12)NC(=O)[C@H](CCCCN)NC(=O)[C@@H](N)CCC(=O)O)C(=O)O. The number of rotatable bonds is 16. The summed E-state index contributed by atoms with van der Waals surface area (Å²) >= 11 is 0. The van der Waals surface area contributed by atoms with Crippen molar-refractivity contribution in [2.75, 3.05) is 6.54 Å². The van der Waals surface area contributed by atoms with Crippen LogP contribution in [0.3, 0.4) is 0 Å². The Kier molecular flexibility index (Phi) is 11.7. The smallest absolute Gasteiger partial charge is 0.325 e. The monoisotopic (exact) mass is 532 g/mol. The molecule has 0 saturated carbocycles. The predicted octanol–water partition coefficient (Wildman–Crippen LogP) is -0.410. The number of carboxylic acids is 2. The van der Waals surface area contributed by atoms with Gasteiger partial charge in [-0.05, 0) is 50.8 Å². The summed E-state index contributed by atoms with van der Waals surface area (Å²) in [4.78, 5) is 64.1. The third-order valence-corrected chi connectivity index (χ3v) is 6.05. The maximum atomic E-state index is 13.3. The van der Waals surface area contributed by atoms with Gasteiger partial charge in [0.25, 0.3) is 0 Å². The molecule has 0 aliphatic heterocycles. The highest BCUT2D eigenvalue weighted by Crippen LogP contribution is 2.19. The molecule has 2 rings (SSSR count). The predicted molar refractivity (Wildman–Crippen MR) is 139 cm³/mol. The molecule has 0 aliphatic rings. The summed E-state index contributed by atoms with van der Waals surface area (Å²) in [6.45, 7) is 1.68. The fraction of sp³-hybridized carbons (Fsp3) is 0.480. The Balaban J connectivity index is 2.24. The van der Waals surface area contributed by atoms with E-state index in [1.54, 1.807) is 6.20 Å². The third-order valence-electron chi connectivity index (χ3n) is 6.05. The maximum Gasteiger partial charge on any atom is 0.325 e. The molecule has 0 radical (unpaired) electrons. The Morgan fingerprint density at radius 2 is 1.58 bits per heavy atom. The van der Waals surface area contributed by atoms with Gasteiger partial charge >= 0.3 is 11.9 Å². The maximum absolute atomic E-state index is 13.3. The van der Waals surface area contributed by atoms with Gasteiger partial charge < -0.3 is 42.6 Å². The fourth-order valence-electron chi connectivity index (χ4n) is 3.83. The molecule has 13 nitrogen and oxygen atoms in total. The van der Waals surface area contributed by atoms with Crippen molar-refractivity contribution in [1.82, 2.24) is 20.9 Å². The Labute approximate surface area is 219 Å². The quantitative estimate of drug-likeness (QED) is 0.131. The average molecular weight is 533 g/mol. The molecule has 208 valence electrons. The summed E-state index contributed by atoms with van der Waals surface area (Å²) in [5, 5.41) is 26.5. The molecule has 1 aromatic carbocycles. The van der Waals surface area contributed by atoms with E-state index in [1.165, 1.54) is 6.92 Å². The van der Waals surface area contributed by atoms with Crippen molar-refractivity contribution in [2.45, 2.75) is 69.6 Å². The molecule has 13 heteroatoms. The number of hydrogen-bond donors (Lipinski definition) is 8. The van der Waals surface area contributed by atoms with Crippen molar-refractivity contribution < 1.29 is 34.2 Å². The van der Waals surface area contributed by atoms with Crippen molar-refractivity contribution in [3.05, 3.63) is 36.0 Å². The Bertz CT molecular complexity index is 1130. The molecule has 0 unspecified atom stereocenters. The number of hydrogen-bond acceptors (Lipinski definition) is 7. The minimum atomic E-state index is -1.24. The van der Waals surface area contributed by atoms with E-state index in [4.69, 9.17) is 16.6 Å². The molecule has 38 heavy (non-hydrogen) atoms. The van der Waals surface area contributed by atoms with Crippen LogP contribution in [0.25, 0.3) is 10.9 Å². The van der Waals surface area contributed by atoms with Crippen LogP contribution < -0.4 is 27.4 Å². The standard InChI is InChI=1S/C25H36N6O7/c1-14(25(37)38)29-24(36)20(12-15-13-28-18-7-3-2-6-16(15)18)31-23(35)19(8-4-5-11-26)30-22(34)17(27)9-10-21(32)33/h2-3,6-7,13-14,17,19-20,28H,4-5,8-12,26-27H2,1H3,(H,29,36)(H,30,34)(H,31,35)(H,32,33)(H,37,38)/t14-,17-,19-,20-/m0/s1. The second-order valence-electron chi connectivity index (χ2n) is 9.08. The minimum Gasteiger partial charge on any atom is -0.481 e. The summed E-state index contributed by atoms with van der Waals surface area (Å²) in [5.41, 5.74) is 12.9. The first-order valence-electron chi connectivity index (χ1n) is 12.4. The Morgan fingerprint density at radius 3 is 2.24 bits per heavy atom. The van der Waals surface area contributed by atoms with Crippen molar-refractivity contribution >= 4 is 40.6 Å². The zero-order valence-corrected chi connectivity index (χ0v) is 21.2. The Hall–Kier alpha value is -3.97. The average Bonchev–Trinajstić information content (AvgIpc) is 3.28. The first-order chi connectivity index (χ1) is 18.0. The van der Waals surface area contributed by atoms with E-state index >= 15 is 0 Å². The lowest BCUT2D eigenvalue weighted by Crippen LogP contribution is -2.57. The lowest BCUT2D eigenvalue weighted by atomic mass is 10.0. The number of nitrogens with two attached hydrogens (primary N) is 2. The molecule has 0 spiro atoms. The molecule has 0 fully saturated rings. The van der Waals surface area contributed by atoms with Crippen LogP contribution in [-0.4, -0.2) is 75.6 Å². The van der Waals surface area contributed by atoms with Gasteiger partial charge in [0, 0.05) is 29.9 Å². The van der Waals surface area contributed by atoms with Gasteiger partial charge in [-0.3, -0.25) is 24.0 Å². The number of carboxylic acid groups (broad SMARTS) is 2. The summed E-state index contributed by atoms with van der Waals surface area (Å²) in [6, 6.07) is 2.82. The summed E-state index contributed by atoms with van der Waals surface area (Å²) in [6.07, 6.45) is 2.61. The lowest BCUT2D eigenvalue weighted by Gasteiger charge is -2.25. The molecule has 10 N–H and O–H groups in total. The number of para-hydroxylation sites is 1. The van der Waals surface area contributed by atoms with E-state index in [0.717, 1.165) is 16.5 Å². The van der Waals surface area contributed by atoms with Gasteiger partial charge in [-0.25, -0.2) is 0 Å². The van der Waals surface area contributed by atoms with Gasteiger partial charge in [-0.15, -0.1) is 0 Å². The highest BCUT2D eigenvalue weighted by molar-refractivity contribution is 5.94. The first-order valence-corrected chi connectivity index (χ1v) is 12.4. The van der Waals surface area contributed by atoms with E-state index in [0.29, 0.717) is 19.4 Å². The number of unbranched alkanes of at least 4 members (excludes halogenated alkanes) is 1. The largest absolute Gasteiger partial charge is 0.481 e. The molecule has 1 aromatic heterocycles. The Morgan fingerprint density at radius 1 is 0.921 bits per heavy atom. The number of carbonyl (C=O) groups excluding carboxylic acids is 3. The molecular weight excluding hydrogens is 496 g/mol. The van der Waals surface area contributed by atoms with Crippen molar-refractivity contribution in [2.24, 2.45) is 11.5 Å². The number of carbonyl (C=O) groups is 5. The number of amides is 3. The molecular formula is C25H36N6O7. The molecule has 2 aromatic rings. The summed E-state index contributed by atoms with van der Waals surface area (Å²) in [7, 11) is 0. The topological polar surface area (TPSA) is 230 Å². The summed E-state index contributed by atoms with van der Waals surface area (Å²) < 4.78 is 0. The van der Waals surface area contributed by atoms with Gasteiger partial charge in [-0.1, -0.05) is 18.2 Å². The van der Waals surface area contributed by atoms with Gasteiger partial charge in [0.2, 0.25) is 17.7 Å². The van der Waals surface area contributed by atoms with Crippen LogP contribution in [0.4, 0.5) is 0 Å². The van der Waals surface area contributed by atoms with Crippen LogP contribution in [-0.2, 0) is 30.4 Å². The number of fused-ring (bicyclic) bond motifs is 1. The second-order valence-corrected chi connectivity index (χ2v) is 9.08. The van der Waals surface area contributed by atoms with Crippen LogP contribution in [0.15, 0.2) is 30.5 Å². The van der Waals surface area contributed by atoms with E-state index in [9.17, 15) is 29.1 Å². The van der Waals surface area contributed by atoms with Gasteiger partial charge in [-0.2, -0.15) is 0 Å². The van der Waals surface area contributed by atoms with Crippen molar-refractivity contribution in [1.29, 1.82) is 0 Å². The van der Waals surface area contributed by atoms with Crippen molar-refractivity contribution in [3.8, 4) is 0 Å². The van der Waals surface area contributed by atoms with Crippen LogP contribution in [0, 0.1) is 0 Å². The number of nitrogens with one attached hydrogen (secondary N) is 4. The highest BCUT2D eigenvalue weighted by Gasteiger charge is 2.30. The number of aromatic nitrogens is 1. The summed E-state index contributed by atoms with van der Waals surface area (Å²) in [5.74, 6) is -4.41. The first kappa shape index (κ1) is 30.3. The number of benzene rings is 1. The normalized spacial score (nSPS) is 14.2. The molecule has 0 saturated heterocycles. The van der Waals surface area contributed by atoms with E-state index in [2.05, 4.69) is 20.9 Å². The lowest BCUT2D eigenvalue weighted by molar-refractivity contribution is -0.142. The fourth-order valence-corrected chi connectivity index (χ4v) is 3.83. The van der Waals surface area contributed by atoms with E-state index < -0.39 is 53.8 Å². The van der Waals surface area contributed by atoms with Gasteiger partial charge in [0.15, 0.2) is 0 Å². The van der Waals surface area contributed by atoms with Crippen LogP contribution in [0.2, 0.25) is 0 Å². The number of aliphatic carboxylic acids is 2. The zero-order chi connectivity index (χ0) is 28.2. The number of aromatic amines is 1. The molecule has 4 atom stereocenters. The molecule has 0 aliphatic carbocycles. The van der Waals surface area contributed by atoms with Gasteiger partial charge in [0.05, 0.1) is 6.04 Å². The van der Waals surface area contributed by atoms with Crippen LogP contribution in [0.5, 0.6) is 0 Å². The number of H-pyrrole nitrogens is 1. The molecule has 0 bridgehead atoms. The van der Waals surface area contributed by atoms with Crippen LogP contribution >= 0.6 is 0 Å². The molecule has 3 amide bonds. The highest BCUT2D eigenvalue weighted by atomic mass is 16.4. The van der Waals surface area contributed by atoms with Gasteiger partial charge in [0.1, 0.15) is 18.1 Å². The minimum absolute atomic E-state index is 0.0511. The molecule has 1 heterocycles. The third kappa shape index (κ3) is 9.16. The van der Waals surface area contributed by atoms with E-state index in [1.807, 2.05) is 24.3 Å².